The predicted molar refractivity (Wildman–Crippen MR) is 105 cm³/mol. The van der Waals surface area contributed by atoms with E-state index in [0.29, 0.717) is 22.1 Å². The van der Waals surface area contributed by atoms with Gasteiger partial charge in [-0.25, -0.2) is 8.42 Å². The van der Waals surface area contributed by atoms with Crippen molar-refractivity contribution in [3.8, 4) is 5.75 Å². The van der Waals surface area contributed by atoms with Crippen LogP contribution in [0.2, 0.25) is 5.02 Å². The monoisotopic (exact) mass is 396 g/mol. The second kappa shape index (κ2) is 7.97. The number of hydrogen-bond donors (Lipinski definition) is 1. The maximum Gasteiger partial charge on any atom is 0.265 e. The molecule has 0 aliphatic heterocycles. The third-order valence-electron chi connectivity index (χ3n) is 3.83. The first-order valence-electron chi connectivity index (χ1n) is 7.85. The van der Waals surface area contributed by atoms with E-state index >= 15 is 0 Å². The van der Waals surface area contributed by atoms with Crippen LogP contribution in [0.1, 0.15) is 12.5 Å². The number of aryl methyl sites for hydroxylation is 1. The van der Waals surface area contributed by atoms with Gasteiger partial charge in [-0.05, 0) is 61.9 Å². The number of hydrogen-bond acceptors (Lipinski definition) is 4. The van der Waals surface area contributed by atoms with E-state index < -0.39 is 16.1 Å². The Kier molecular flexibility index (Phi) is 6.15. The summed E-state index contributed by atoms with van der Waals surface area (Å²) in [7, 11) is -1.86. The van der Waals surface area contributed by atoms with Crippen molar-refractivity contribution in [3.63, 3.8) is 0 Å². The van der Waals surface area contributed by atoms with Gasteiger partial charge in [0.15, 0.2) is 6.10 Å². The molecule has 0 aliphatic carbocycles. The second-order valence-corrected chi connectivity index (χ2v) is 8.38. The number of anilines is 2. The van der Waals surface area contributed by atoms with Gasteiger partial charge in [0.05, 0.1) is 11.9 Å². The Balaban J connectivity index is 2.02. The molecule has 0 radical (unpaired) electrons. The van der Waals surface area contributed by atoms with Crippen molar-refractivity contribution in [2.24, 2.45) is 0 Å². The van der Waals surface area contributed by atoms with Crippen LogP contribution in [-0.2, 0) is 14.8 Å². The second-order valence-electron chi connectivity index (χ2n) is 5.93. The molecular formula is C18H21ClN2O4S. The summed E-state index contributed by atoms with van der Waals surface area (Å²) in [5.74, 6) is 0.166. The number of carbonyl (C=O) groups is 1. The van der Waals surface area contributed by atoms with Crippen LogP contribution in [0, 0.1) is 6.92 Å². The summed E-state index contributed by atoms with van der Waals surface area (Å²) in [5.41, 5.74) is 2.03. The fourth-order valence-electron chi connectivity index (χ4n) is 2.19. The van der Waals surface area contributed by atoms with Crippen LogP contribution in [-0.4, -0.2) is 33.7 Å². The van der Waals surface area contributed by atoms with Gasteiger partial charge in [-0.1, -0.05) is 11.6 Å². The normalized spacial score (nSPS) is 12.3. The van der Waals surface area contributed by atoms with Crippen LogP contribution in [0.3, 0.4) is 0 Å². The highest BCUT2D eigenvalue weighted by atomic mass is 35.5. The van der Waals surface area contributed by atoms with E-state index in [4.69, 9.17) is 16.3 Å². The lowest BCUT2D eigenvalue weighted by Gasteiger charge is -2.18. The Morgan fingerprint density at radius 3 is 2.35 bits per heavy atom. The van der Waals surface area contributed by atoms with Gasteiger partial charge < -0.3 is 10.1 Å². The SMILES string of the molecule is Cc1cc(Cl)ccc1NC(=O)[C@H](C)Oc1ccc(N(C)S(C)(=O)=O)cc1. The first kappa shape index (κ1) is 20.1. The summed E-state index contributed by atoms with van der Waals surface area (Å²) in [5, 5.41) is 3.40. The van der Waals surface area contributed by atoms with E-state index in [-0.39, 0.29) is 5.91 Å². The number of benzene rings is 2. The van der Waals surface area contributed by atoms with Crippen molar-refractivity contribution in [2.45, 2.75) is 20.0 Å². The molecule has 0 saturated heterocycles. The van der Waals surface area contributed by atoms with Crippen molar-refractivity contribution in [1.29, 1.82) is 0 Å². The van der Waals surface area contributed by atoms with Gasteiger partial charge >= 0.3 is 0 Å². The number of sulfonamides is 1. The minimum atomic E-state index is -3.33. The van der Waals surface area contributed by atoms with Crippen LogP contribution in [0.15, 0.2) is 42.5 Å². The van der Waals surface area contributed by atoms with E-state index in [9.17, 15) is 13.2 Å². The van der Waals surface area contributed by atoms with Gasteiger partial charge in [-0.2, -0.15) is 0 Å². The standard InChI is InChI=1S/C18H21ClN2O4S/c1-12-11-14(19)5-10-17(12)20-18(22)13(2)25-16-8-6-15(7-9-16)21(3)26(4,23)24/h5-11,13H,1-4H3,(H,20,22)/t13-/m0/s1. The molecule has 0 fully saturated rings. The molecule has 26 heavy (non-hydrogen) atoms. The van der Waals surface area contributed by atoms with Crippen molar-refractivity contribution < 1.29 is 17.9 Å². The lowest BCUT2D eigenvalue weighted by Crippen LogP contribution is -2.30. The molecular weight excluding hydrogens is 376 g/mol. The number of halogens is 1. The highest BCUT2D eigenvalue weighted by molar-refractivity contribution is 7.92. The molecule has 2 aromatic rings. The Labute approximate surface area is 158 Å². The highest BCUT2D eigenvalue weighted by Crippen LogP contribution is 2.22. The maximum absolute atomic E-state index is 12.3. The average molecular weight is 397 g/mol. The summed E-state index contributed by atoms with van der Waals surface area (Å²) < 4.78 is 29.9. The predicted octanol–water partition coefficient (Wildman–Crippen LogP) is 3.45. The van der Waals surface area contributed by atoms with Gasteiger partial charge in [0.1, 0.15) is 5.75 Å². The molecule has 1 N–H and O–H groups in total. The Hall–Kier alpha value is -2.25. The van der Waals surface area contributed by atoms with Crippen molar-refractivity contribution in [1.82, 2.24) is 0 Å². The zero-order chi connectivity index (χ0) is 19.5. The fraction of sp³-hybridized carbons (Fsp3) is 0.278. The fourth-order valence-corrected chi connectivity index (χ4v) is 2.92. The zero-order valence-electron chi connectivity index (χ0n) is 15.0. The van der Waals surface area contributed by atoms with Crippen LogP contribution >= 0.6 is 11.6 Å². The quantitative estimate of drug-likeness (QED) is 0.811. The minimum Gasteiger partial charge on any atom is -0.481 e. The van der Waals surface area contributed by atoms with Crippen LogP contribution < -0.4 is 14.4 Å². The molecule has 0 aromatic heterocycles. The molecule has 2 aromatic carbocycles. The number of ether oxygens (including phenoxy) is 1. The Bertz CT molecular complexity index is 898. The van der Waals surface area contributed by atoms with Crippen LogP contribution in [0.5, 0.6) is 5.75 Å². The Morgan fingerprint density at radius 1 is 1.19 bits per heavy atom. The van der Waals surface area contributed by atoms with E-state index in [0.717, 1.165) is 16.1 Å². The molecule has 0 bridgehead atoms. The van der Waals surface area contributed by atoms with Crippen LogP contribution in [0.25, 0.3) is 0 Å². The first-order valence-corrected chi connectivity index (χ1v) is 10.1. The Morgan fingerprint density at radius 2 is 1.81 bits per heavy atom. The lowest BCUT2D eigenvalue weighted by atomic mass is 10.2. The summed E-state index contributed by atoms with van der Waals surface area (Å²) >= 11 is 5.91. The zero-order valence-corrected chi connectivity index (χ0v) is 16.6. The summed E-state index contributed by atoms with van der Waals surface area (Å²) in [6, 6.07) is 11.7. The number of amides is 1. The molecule has 0 unspecified atom stereocenters. The third kappa shape index (κ3) is 5.12. The molecule has 1 amide bonds. The van der Waals surface area contributed by atoms with Crippen molar-refractivity contribution >= 4 is 38.9 Å². The van der Waals surface area contributed by atoms with Crippen molar-refractivity contribution in [2.75, 3.05) is 22.9 Å². The third-order valence-corrected chi connectivity index (χ3v) is 5.27. The number of carbonyl (C=O) groups excluding carboxylic acids is 1. The maximum atomic E-state index is 12.3. The van der Waals surface area contributed by atoms with E-state index in [1.165, 1.54) is 7.05 Å². The van der Waals surface area contributed by atoms with Gasteiger partial charge in [-0.3, -0.25) is 9.10 Å². The van der Waals surface area contributed by atoms with Crippen LogP contribution in [0.4, 0.5) is 11.4 Å². The number of nitrogens with one attached hydrogen (secondary N) is 1. The molecule has 0 aliphatic rings. The molecule has 2 rings (SSSR count). The number of nitrogens with zero attached hydrogens (tertiary/aromatic N) is 1. The van der Waals surface area contributed by atoms with E-state index in [1.807, 2.05) is 6.92 Å². The van der Waals surface area contributed by atoms with E-state index in [2.05, 4.69) is 5.32 Å². The first-order chi connectivity index (χ1) is 12.1. The largest absolute Gasteiger partial charge is 0.481 e. The van der Waals surface area contributed by atoms with Gasteiger partial charge in [0.25, 0.3) is 5.91 Å². The molecule has 0 heterocycles. The summed E-state index contributed by atoms with van der Waals surface area (Å²) in [6.07, 6.45) is 0.395. The molecule has 1 atom stereocenters. The smallest absolute Gasteiger partial charge is 0.265 e. The molecule has 6 nitrogen and oxygen atoms in total. The molecule has 8 heteroatoms. The van der Waals surface area contributed by atoms with E-state index in [1.54, 1.807) is 49.4 Å². The summed E-state index contributed by atoms with van der Waals surface area (Å²) in [6.45, 7) is 3.49. The summed E-state index contributed by atoms with van der Waals surface area (Å²) in [4.78, 5) is 12.3. The topological polar surface area (TPSA) is 75.7 Å². The highest BCUT2D eigenvalue weighted by Gasteiger charge is 2.17. The van der Waals surface area contributed by atoms with Gasteiger partial charge in [0.2, 0.25) is 10.0 Å². The van der Waals surface area contributed by atoms with Gasteiger partial charge in [-0.15, -0.1) is 0 Å². The van der Waals surface area contributed by atoms with Gasteiger partial charge in [0, 0.05) is 17.8 Å². The average Bonchev–Trinajstić information content (AvgIpc) is 2.56. The minimum absolute atomic E-state index is 0.298. The van der Waals surface area contributed by atoms with Crippen molar-refractivity contribution in [3.05, 3.63) is 53.1 Å². The molecule has 0 saturated carbocycles. The molecule has 0 spiro atoms. The number of rotatable bonds is 6. The lowest BCUT2D eigenvalue weighted by molar-refractivity contribution is -0.122. The molecule has 140 valence electrons.